The summed E-state index contributed by atoms with van der Waals surface area (Å²) in [6.07, 6.45) is 1.08. The van der Waals surface area contributed by atoms with E-state index in [4.69, 9.17) is 0 Å². The Kier molecular flexibility index (Phi) is 2.89. The van der Waals surface area contributed by atoms with Gasteiger partial charge in [0.05, 0.1) is 12.2 Å². The molecule has 0 saturated heterocycles. The summed E-state index contributed by atoms with van der Waals surface area (Å²) in [6, 6.07) is 6.68. The van der Waals surface area contributed by atoms with Crippen molar-refractivity contribution in [3.63, 3.8) is 0 Å². The Bertz CT molecular complexity index is 755. The molecule has 4 rings (SSSR count). The molecule has 0 amide bonds. The Balaban J connectivity index is 1.98. The summed E-state index contributed by atoms with van der Waals surface area (Å²) >= 11 is 3.70. The SMILES string of the molecule is CCC1=C(c2cccc3scc(C)c23)N2CCN=C2S1. The van der Waals surface area contributed by atoms with Crippen LogP contribution in [0.4, 0.5) is 0 Å². The number of amidine groups is 1. The number of nitrogens with zero attached hydrogens (tertiary/aromatic N) is 2. The number of aliphatic imine (C=N–C) groups is 1. The average Bonchev–Trinajstić information content (AvgIpc) is 3.12. The van der Waals surface area contributed by atoms with Crippen LogP contribution in [0.1, 0.15) is 24.5 Å². The first-order valence-electron chi connectivity index (χ1n) is 6.99. The van der Waals surface area contributed by atoms with Gasteiger partial charge in [0.15, 0.2) is 5.17 Å². The van der Waals surface area contributed by atoms with Gasteiger partial charge in [-0.2, -0.15) is 0 Å². The van der Waals surface area contributed by atoms with E-state index >= 15 is 0 Å². The van der Waals surface area contributed by atoms with Crippen molar-refractivity contribution in [3.05, 3.63) is 39.6 Å². The quantitative estimate of drug-likeness (QED) is 0.798. The largest absolute Gasteiger partial charge is 0.318 e. The summed E-state index contributed by atoms with van der Waals surface area (Å²) < 4.78 is 1.39. The van der Waals surface area contributed by atoms with E-state index in [1.807, 2.05) is 23.1 Å². The molecule has 0 atom stereocenters. The monoisotopic (exact) mass is 300 g/mol. The van der Waals surface area contributed by atoms with Gasteiger partial charge in [-0.25, -0.2) is 0 Å². The molecule has 0 radical (unpaired) electrons. The number of hydrogen-bond donors (Lipinski definition) is 0. The van der Waals surface area contributed by atoms with Crippen molar-refractivity contribution in [1.82, 2.24) is 4.90 Å². The molecule has 20 heavy (non-hydrogen) atoms. The van der Waals surface area contributed by atoms with Crippen molar-refractivity contribution < 1.29 is 0 Å². The fraction of sp³-hybridized carbons (Fsp3) is 0.312. The number of benzene rings is 1. The van der Waals surface area contributed by atoms with Crippen LogP contribution < -0.4 is 0 Å². The van der Waals surface area contributed by atoms with Crippen LogP contribution in [0.2, 0.25) is 0 Å². The zero-order chi connectivity index (χ0) is 13.7. The second kappa shape index (κ2) is 4.64. The van der Waals surface area contributed by atoms with Crippen molar-refractivity contribution in [3.8, 4) is 0 Å². The molecule has 0 unspecified atom stereocenters. The molecular formula is C16H16N2S2. The van der Waals surface area contributed by atoms with Crippen molar-refractivity contribution >= 4 is 44.0 Å². The number of allylic oxidation sites excluding steroid dienone is 1. The van der Waals surface area contributed by atoms with E-state index in [0.29, 0.717) is 0 Å². The second-order valence-corrected chi connectivity index (χ2v) is 7.11. The van der Waals surface area contributed by atoms with Gasteiger partial charge in [-0.15, -0.1) is 11.3 Å². The van der Waals surface area contributed by atoms with Gasteiger partial charge >= 0.3 is 0 Å². The first-order chi connectivity index (χ1) is 9.79. The highest BCUT2D eigenvalue weighted by Crippen LogP contribution is 2.45. The number of hydrogen-bond acceptors (Lipinski definition) is 4. The van der Waals surface area contributed by atoms with Crippen LogP contribution in [0.3, 0.4) is 0 Å². The molecule has 0 aliphatic carbocycles. The molecule has 0 fully saturated rings. The average molecular weight is 300 g/mol. The van der Waals surface area contributed by atoms with Crippen molar-refractivity contribution in [2.75, 3.05) is 13.1 Å². The lowest BCUT2D eigenvalue weighted by molar-refractivity contribution is 0.647. The maximum Gasteiger partial charge on any atom is 0.168 e. The number of aryl methyl sites for hydroxylation is 1. The minimum absolute atomic E-state index is 0.932. The molecule has 4 heteroatoms. The van der Waals surface area contributed by atoms with Gasteiger partial charge in [0.1, 0.15) is 0 Å². The van der Waals surface area contributed by atoms with Gasteiger partial charge in [0.2, 0.25) is 0 Å². The van der Waals surface area contributed by atoms with E-state index < -0.39 is 0 Å². The lowest BCUT2D eigenvalue weighted by atomic mass is 10.0. The Morgan fingerprint density at radius 2 is 2.25 bits per heavy atom. The molecule has 0 bridgehead atoms. The van der Waals surface area contributed by atoms with E-state index in [2.05, 4.69) is 47.3 Å². The third-order valence-electron chi connectivity index (χ3n) is 3.91. The van der Waals surface area contributed by atoms with E-state index in [1.165, 1.54) is 37.0 Å². The van der Waals surface area contributed by atoms with Gasteiger partial charge < -0.3 is 4.90 Å². The highest BCUT2D eigenvalue weighted by atomic mass is 32.2. The first kappa shape index (κ1) is 12.5. The van der Waals surface area contributed by atoms with E-state index in [0.717, 1.165) is 19.5 Å². The first-order valence-corrected chi connectivity index (χ1v) is 8.69. The van der Waals surface area contributed by atoms with E-state index in [-0.39, 0.29) is 0 Å². The van der Waals surface area contributed by atoms with Crippen LogP contribution in [0, 0.1) is 6.92 Å². The molecule has 1 aromatic heterocycles. The summed E-state index contributed by atoms with van der Waals surface area (Å²) in [5, 5.41) is 4.88. The van der Waals surface area contributed by atoms with Gasteiger partial charge in [0, 0.05) is 27.1 Å². The summed E-state index contributed by atoms with van der Waals surface area (Å²) in [5.41, 5.74) is 4.18. The number of rotatable bonds is 2. The minimum Gasteiger partial charge on any atom is -0.318 e. The van der Waals surface area contributed by atoms with E-state index in [1.54, 1.807) is 0 Å². The predicted molar refractivity (Wildman–Crippen MR) is 90.4 cm³/mol. The molecule has 0 saturated carbocycles. The predicted octanol–water partition coefficient (Wildman–Crippen LogP) is 4.71. The molecule has 2 nitrogen and oxygen atoms in total. The zero-order valence-corrected chi connectivity index (χ0v) is 13.3. The van der Waals surface area contributed by atoms with Crippen LogP contribution in [0.15, 0.2) is 33.5 Å². The second-order valence-electron chi connectivity index (χ2n) is 5.14. The van der Waals surface area contributed by atoms with Crippen molar-refractivity contribution in [1.29, 1.82) is 0 Å². The Labute approximate surface area is 127 Å². The normalized spacial score (nSPS) is 18.1. The van der Waals surface area contributed by atoms with Crippen molar-refractivity contribution in [2.45, 2.75) is 20.3 Å². The van der Waals surface area contributed by atoms with Crippen LogP contribution >= 0.6 is 23.1 Å². The Hall–Kier alpha value is -1.26. The molecule has 0 N–H and O–H groups in total. The number of fused-ring (bicyclic) bond motifs is 2. The lowest BCUT2D eigenvalue weighted by Gasteiger charge is -2.18. The fourth-order valence-electron chi connectivity index (χ4n) is 3.01. The maximum atomic E-state index is 4.63. The van der Waals surface area contributed by atoms with E-state index in [9.17, 15) is 0 Å². The standard InChI is InChI=1S/C16H16N2S2/c1-3-12-15(18-8-7-17-16(18)20-12)11-5-4-6-13-14(11)10(2)9-19-13/h4-6,9H,3,7-8H2,1-2H3. The molecule has 3 heterocycles. The third kappa shape index (κ3) is 1.68. The highest BCUT2D eigenvalue weighted by molar-refractivity contribution is 8.17. The summed E-state index contributed by atoms with van der Waals surface area (Å²) in [6.45, 7) is 6.42. The van der Waals surface area contributed by atoms with Gasteiger partial charge in [-0.05, 0) is 30.4 Å². The molecule has 1 aromatic carbocycles. The summed E-state index contributed by atoms with van der Waals surface area (Å²) in [7, 11) is 0. The molecule has 2 aliphatic heterocycles. The fourth-order valence-corrected chi connectivity index (χ4v) is 5.11. The maximum absolute atomic E-state index is 4.63. The van der Waals surface area contributed by atoms with Gasteiger partial charge in [-0.1, -0.05) is 30.8 Å². The molecule has 2 aliphatic rings. The summed E-state index contributed by atoms with van der Waals surface area (Å²) in [4.78, 5) is 8.50. The highest BCUT2D eigenvalue weighted by Gasteiger charge is 2.32. The Morgan fingerprint density at radius 1 is 1.35 bits per heavy atom. The number of thioether (sulfide) groups is 1. The summed E-state index contributed by atoms with van der Waals surface area (Å²) in [5.74, 6) is 0. The van der Waals surface area contributed by atoms with Crippen LogP contribution in [-0.4, -0.2) is 23.2 Å². The third-order valence-corrected chi connectivity index (χ3v) is 6.24. The van der Waals surface area contributed by atoms with Crippen LogP contribution in [0.25, 0.3) is 15.8 Å². The van der Waals surface area contributed by atoms with Crippen LogP contribution in [0.5, 0.6) is 0 Å². The van der Waals surface area contributed by atoms with Crippen molar-refractivity contribution in [2.24, 2.45) is 4.99 Å². The molecule has 102 valence electrons. The molecule has 2 aromatic rings. The topological polar surface area (TPSA) is 15.6 Å². The molecular weight excluding hydrogens is 284 g/mol. The van der Waals surface area contributed by atoms with Gasteiger partial charge in [0.25, 0.3) is 0 Å². The van der Waals surface area contributed by atoms with Crippen LogP contribution in [-0.2, 0) is 0 Å². The zero-order valence-electron chi connectivity index (χ0n) is 11.6. The smallest absolute Gasteiger partial charge is 0.168 e. The molecule has 0 spiro atoms. The minimum atomic E-state index is 0.932. The number of thiophene rings is 1. The van der Waals surface area contributed by atoms with Gasteiger partial charge in [-0.3, -0.25) is 4.99 Å². The Morgan fingerprint density at radius 3 is 3.10 bits per heavy atom. The lowest BCUT2D eigenvalue weighted by Crippen LogP contribution is -2.20.